The Hall–Kier alpha value is -1.44. The van der Waals surface area contributed by atoms with Crippen LogP contribution in [0.3, 0.4) is 0 Å². The Balaban J connectivity index is 1.61. The Bertz CT molecular complexity index is 589. The zero-order valence-corrected chi connectivity index (χ0v) is 16.5. The number of likely N-dealkylation sites (N-methyl/N-ethyl adjacent to an activating group) is 1. The lowest BCUT2D eigenvalue weighted by molar-refractivity contribution is 0.0275. The minimum absolute atomic E-state index is 0.126. The van der Waals surface area contributed by atoms with Crippen molar-refractivity contribution in [3.05, 3.63) is 17.5 Å². The van der Waals surface area contributed by atoms with Crippen LogP contribution in [0.4, 0.5) is 0 Å². The van der Waals surface area contributed by atoms with Gasteiger partial charge in [0.15, 0.2) is 0 Å². The average molecular weight is 364 g/mol. The number of carbonyl (C=O) groups is 1. The fourth-order valence-electron chi connectivity index (χ4n) is 3.95. The molecule has 3 rings (SSSR count). The molecule has 0 N–H and O–H groups in total. The minimum Gasteiger partial charge on any atom is -0.381 e. The van der Waals surface area contributed by atoms with E-state index in [0.717, 1.165) is 83.0 Å². The third kappa shape index (κ3) is 4.84. The van der Waals surface area contributed by atoms with Crippen molar-refractivity contribution < 1.29 is 9.53 Å². The molecule has 1 aromatic heterocycles. The molecule has 0 aliphatic carbocycles. The molecule has 3 heterocycles. The van der Waals surface area contributed by atoms with Crippen molar-refractivity contribution in [1.82, 2.24) is 24.5 Å². The van der Waals surface area contributed by atoms with Gasteiger partial charge in [0, 0.05) is 65.2 Å². The van der Waals surface area contributed by atoms with Crippen molar-refractivity contribution in [3.63, 3.8) is 0 Å². The van der Waals surface area contributed by atoms with Crippen LogP contribution in [0.1, 0.15) is 35.3 Å². The van der Waals surface area contributed by atoms with Gasteiger partial charge in [0.05, 0.1) is 11.3 Å². The molecule has 0 radical (unpaired) electrons. The van der Waals surface area contributed by atoms with Crippen LogP contribution in [-0.4, -0.2) is 96.0 Å². The molecule has 2 saturated heterocycles. The molecule has 0 unspecified atom stereocenters. The number of carbonyl (C=O) groups excluding carboxylic acids is 1. The molecule has 1 aromatic rings. The van der Waals surface area contributed by atoms with Gasteiger partial charge in [0.25, 0.3) is 5.91 Å². The molecule has 2 aliphatic rings. The number of aromatic nitrogens is 2. The SMILES string of the molecule is Cc1nn(C)cc1C(=O)N(CCCN1CCN(C)CC1)C1CCOCC1. The summed E-state index contributed by atoms with van der Waals surface area (Å²) >= 11 is 0. The molecule has 146 valence electrons. The van der Waals surface area contributed by atoms with Crippen molar-refractivity contribution in [3.8, 4) is 0 Å². The monoisotopic (exact) mass is 363 g/mol. The smallest absolute Gasteiger partial charge is 0.257 e. The first-order valence-electron chi connectivity index (χ1n) is 9.84. The number of hydrogen-bond donors (Lipinski definition) is 0. The number of rotatable bonds is 6. The average Bonchev–Trinajstić information content (AvgIpc) is 2.99. The van der Waals surface area contributed by atoms with Gasteiger partial charge in [-0.3, -0.25) is 9.48 Å². The summed E-state index contributed by atoms with van der Waals surface area (Å²) in [6.45, 7) is 9.82. The minimum atomic E-state index is 0.126. The van der Waals surface area contributed by atoms with Crippen LogP contribution in [0.2, 0.25) is 0 Å². The Morgan fingerprint density at radius 1 is 1.23 bits per heavy atom. The third-order valence-electron chi connectivity index (χ3n) is 5.61. The van der Waals surface area contributed by atoms with Crippen LogP contribution in [0.5, 0.6) is 0 Å². The fourth-order valence-corrected chi connectivity index (χ4v) is 3.95. The van der Waals surface area contributed by atoms with Crippen LogP contribution in [0.25, 0.3) is 0 Å². The summed E-state index contributed by atoms with van der Waals surface area (Å²) in [5, 5.41) is 4.35. The van der Waals surface area contributed by atoms with Gasteiger partial charge < -0.3 is 19.4 Å². The summed E-state index contributed by atoms with van der Waals surface area (Å²) in [6, 6.07) is 0.281. The zero-order chi connectivity index (χ0) is 18.5. The van der Waals surface area contributed by atoms with Gasteiger partial charge in [0.2, 0.25) is 0 Å². The number of ether oxygens (including phenoxy) is 1. The summed E-state index contributed by atoms with van der Waals surface area (Å²) in [5.41, 5.74) is 1.55. The standard InChI is InChI=1S/C19H33N5O2/c1-16-18(15-22(3)20-16)19(25)24(17-5-13-26-14-6-17)8-4-7-23-11-9-21(2)10-12-23/h15,17H,4-14H2,1-3H3. The number of nitrogens with zero attached hydrogens (tertiary/aromatic N) is 5. The maximum atomic E-state index is 13.2. The molecule has 1 amide bonds. The van der Waals surface area contributed by atoms with E-state index in [0.29, 0.717) is 0 Å². The number of aryl methyl sites for hydroxylation is 2. The molecule has 2 aliphatic heterocycles. The second-order valence-corrected chi connectivity index (χ2v) is 7.64. The van der Waals surface area contributed by atoms with Gasteiger partial charge in [-0.25, -0.2) is 0 Å². The molecule has 0 spiro atoms. The Labute approximate surface area is 156 Å². The van der Waals surface area contributed by atoms with E-state index in [4.69, 9.17) is 4.74 Å². The number of amides is 1. The first-order valence-corrected chi connectivity index (χ1v) is 9.84. The molecule has 0 bridgehead atoms. The maximum Gasteiger partial charge on any atom is 0.257 e. The van der Waals surface area contributed by atoms with Gasteiger partial charge in [-0.1, -0.05) is 0 Å². The molecule has 2 fully saturated rings. The lowest BCUT2D eigenvalue weighted by Crippen LogP contribution is -2.47. The van der Waals surface area contributed by atoms with Crippen LogP contribution in [-0.2, 0) is 11.8 Å². The number of hydrogen-bond acceptors (Lipinski definition) is 5. The van der Waals surface area contributed by atoms with Crippen molar-refractivity contribution in [2.75, 3.05) is 59.5 Å². The van der Waals surface area contributed by atoms with Gasteiger partial charge >= 0.3 is 0 Å². The van der Waals surface area contributed by atoms with Crippen LogP contribution < -0.4 is 0 Å². The normalized spacial score (nSPS) is 20.4. The van der Waals surface area contributed by atoms with Gasteiger partial charge in [-0.2, -0.15) is 5.10 Å². The first kappa shape index (κ1) is 19.3. The highest BCUT2D eigenvalue weighted by molar-refractivity contribution is 5.95. The molecule has 0 atom stereocenters. The summed E-state index contributed by atoms with van der Waals surface area (Å²) < 4.78 is 7.24. The van der Waals surface area contributed by atoms with Crippen molar-refractivity contribution in [1.29, 1.82) is 0 Å². The van der Waals surface area contributed by atoms with Crippen molar-refractivity contribution >= 4 is 5.91 Å². The first-order chi connectivity index (χ1) is 12.5. The quantitative estimate of drug-likeness (QED) is 0.754. The highest BCUT2D eigenvalue weighted by Crippen LogP contribution is 2.19. The summed E-state index contributed by atoms with van der Waals surface area (Å²) in [4.78, 5) is 20.2. The Kier molecular flexibility index (Phi) is 6.67. The lowest BCUT2D eigenvalue weighted by atomic mass is 10.0. The zero-order valence-electron chi connectivity index (χ0n) is 16.5. The van der Waals surface area contributed by atoms with Gasteiger partial charge in [0.1, 0.15) is 0 Å². The third-order valence-corrected chi connectivity index (χ3v) is 5.61. The van der Waals surface area contributed by atoms with E-state index < -0.39 is 0 Å². The van der Waals surface area contributed by atoms with E-state index in [1.54, 1.807) is 4.68 Å². The lowest BCUT2D eigenvalue weighted by Gasteiger charge is -2.36. The predicted molar refractivity (Wildman–Crippen MR) is 101 cm³/mol. The molecular formula is C19H33N5O2. The molecule has 0 aromatic carbocycles. The molecule has 0 saturated carbocycles. The second-order valence-electron chi connectivity index (χ2n) is 7.64. The van der Waals surface area contributed by atoms with Crippen molar-refractivity contribution in [2.45, 2.75) is 32.2 Å². The fraction of sp³-hybridized carbons (Fsp3) is 0.789. The molecule has 7 nitrogen and oxygen atoms in total. The molecule has 7 heteroatoms. The molecular weight excluding hydrogens is 330 g/mol. The summed E-state index contributed by atoms with van der Waals surface area (Å²) in [7, 11) is 4.05. The largest absolute Gasteiger partial charge is 0.381 e. The van der Waals surface area contributed by atoms with E-state index in [1.807, 2.05) is 20.2 Å². The van der Waals surface area contributed by atoms with Crippen molar-refractivity contribution in [2.24, 2.45) is 7.05 Å². The summed E-state index contributed by atoms with van der Waals surface area (Å²) in [5.74, 6) is 0.126. The van der Waals surface area contributed by atoms with Crippen LogP contribution in [0.15, 0.2) is 6.20 Å². The van der Waals surface area contributed by atoms with Crippen LogP contribution >= 0.6 is 0 Å². The number of piperazine rings is 1. The van der Waals surface area contributed by atoms with E-state index in [2.05, 4.69) is 26.8 Å². The van der Waals surface area contributed by atoms with E-state index in [1.165, 1.54) is 0 Å². The van der Waals surface area contributed by atoms with Crippen LogP contribution in [0, 0.1) is 6.92 Å². The maximum absolute atomic E-state index is 13.2. The van der Waals surface area contributed by atoms with E-state index >= 15 is 0 Å². The highest BCUT2D eigenvalue weighted by atomic mass is 16.5. The second kappa shape index (κ2) is 8.97. The topological polar surface area (TPSA) is 53.8 Å². The summed E-state index contributed by atoms with van der Waals surface area (Å²) in [6.07, 6.45) is 4.73. The Morgan fingerprint density at radius 2 is 1.92 bits per heavy atom. The highest BCUT2D eigenvalue weighted by Gasteiger charge is 2.28. The Morgan fingerprint density at radius 3 is 2.54 bits per heavy atom. The molecule has 26 heavy (non-hydrogen) atoms. The van der Waals surface area contributed by atoms with E-state index in [-0.39, 0.29) is 11.9 Å². The predicted octanol–water partition coefficient (Wildman–Crippen LogP) is 0.987. The van der Waals surface area contributed by atoms with Gasteiger partial charge in [-0.15, -0.1) is 0 Å². The van der Waals surface area contributed by atoms with Gasteiger partial charge in [-0.05, 0) is 39.8 Å². The van der Waals surface area contributed by atoms with E-state index in [9.17, 15) is 4.79 Å².